The molecule has 1 aromatic carbocycles. The maximum Gasteiger partial charge on any atom is 0.387 e. The van der Waals surface area contributed by atoms with Crippen molar-refractivity contribution in [3.63, 3.8) is 0 Å². The summed E-state index contributed by atoms with van der Waals surface area (Å²) >= 11 is 1.53. The maximum absolute atomic E-state index is 12.2. The maximum atomic E-state index is 12.2. The molecule has 1 aliphatic rings. The molecule has 0 unspecified atom stereocenters. The van der Waals surface area contributed by atoms with Crippen LogP contribution in [-0.2, 0) is 4.74 Å². The van der Waals surface area contributed by atoms with E-state index in [1.54, 1.807) is 12.1 Å². The molecule has 0 aliphatic carbocycles. The predicted molar refractivity (Wildman–Crippen MR) is 90.2 cm³/mol. The number of rotatable bonds is 7. The number of nitrogens with zero attached hydrogens (tertiary/aromatic N) is 4. The summed E-state index contributed by atoms with van der Waals surface area (Å²) in [6.07, 6.45) is 0. The van der Waals surface area contributed by atoms with Crippen LogP contribution < -0.4 is 10.6 Å². The highest BCUT2D eigenvalue weighted by atomic mass is 32.2. The first kappa shape index (κ1) is 17.9. The summed E-state index contributed by atoms with van der Waals surface area (Å²) in [6.45, 7) is 1.50. The third kappa shape index (κ3) is 4.80. The standard InChI is InChI=1S/C15H19F2N5O2S/c16-14(17)24-12-3-1-11(2-4-12)13-19-20-15(22(13)18)25-10-7-21-5-8-23-9-6-21/h1-4,14H,5-10,18H2. The summed E-state index contributed by atoms with van der Waals surface area (Å²) in [6, 6.07) is 6.13. The second-order valence-corrected chi connectivity index (χ2v) is 6.44. The van der Waals surface area contributed by atoms with Crippen molar-refractivity contribution in [3.05, 3.63) is 24.3 Å². The molecule has 2 N–H and O–H groups in total. The molecular weight excluding hydrogens is 352 g/mol. The minimum atomic E-state index is -2.85. The Balaban J connectivity index is 1.58. The van der Waals surface area contributed by atoms with Gasteiger partial charge in [-0.2, -0.15) is 8.78 Å². The first-order valence-corrected chi connectivity index (χ1v) is 8.80. The lowest BCUT2D eigenvalue weighted by Gasteiger charge is -2.26. The molecule has 1 aromatic heterocycles. The number of nitrogen functional groups attached to an aromatic ring is 1. The van der Waals surface area contributed by atoms with Gasteiger partial charge >= 0.3 is 6.61 Å². The van der Waals surface area contributed by atoms with Crippen molar-refractivity contribution >= 4 is 11.8 Å². The van der Waals surface area contributed by atoms with E-state index in [0.717, 1.165) is 38.6 Å². The zero-order chi connectivity index (χ0) is 17.6. The van der Waals surface area contributed by atoms with Crippen molar-refractivity contribution < 1.29 is 18.3 Å². The molecule has 0 atom stereocenters. The number of alkyl halides is 2. The topological polar surface area (TPSA) is 78.4 Å². The summed E-state index contributed by atoms with van der Waals surface area (Å²) in [5.74, 6) is 7.46. The fourth-order valence-corrected chi connectivity index (χ4v) is 3.30. The lowest BCUT2D eigenvalue weighted by Crippen LogP contribution is -2.37. The number of hydrogen-bond acceptors (Lipinski definition) is 7. The van der Waals surface area contributed by atoms with Crippen LogP contribution in [-0.4, -0.2) is 65.0 Å². The van der Waals surface area contributed by atoms with Crippen molar-refractivity contribution in [2.24, 2.45) is 0 Å². The Kier molecular flexibility index (Phi) is 6.05. The molecule has 0 amide bonds. The molecule has 25 heavy (non-hydrogen) atoms. The number of ether oxygens (including phenoxy) is 2. The van der Waals surface area contributed by atoms with Crippen LogP contribution in [0.5, 0.6) is 5.75 Å². The third-order valence-electron chi connectivity index (χ3n) is 3.74. The lowest BCUT2D eigenvalue weighted by molar-refractivity contribution is -0.0498. The molecule has 0 saturated carbocycles. The highest BCUT2D eigenvalue weighted by Crippen LogP contribution is 2.24. The first-order valence-electron chi connectivity index (χ1n) is 7.82. The minimum absolute atomic E-state index is 0.0851. The van der Waals surface area contributed by atoms with Gasteiger partial charge in [0.25, 0.3) is 0 Å². The molecule has 0 bridgehead atoms. The van der Waals surface area contributed by atoms with Gasteiger partial charge in [-0.05, 0) is 24.3 Å². The van der Waals surface area contributed by atoms with Crippen molar-refractivity contribution in [2.45, 2.75) is 11.8 Å². The van der Waals surface area contributed by atoms with Gasteiger partial charge in [-0.25, -0.2) is 4.68 Å². The van der Waals surface area contributed by atoms with Crippen molar-refractivity contribution in [1.82, 2.24) is 19.8 Å². The van der Waals surface area contributed by atoms with Gasteiger partial charge in [0.2, 0.25) is 5.16 Å². The Labute approximate surface area is 148 Å². The van der Waals surface area contributed by atoms with Gasteiger partial charge in [0.1, 0.15) is 5.75 Å². The van der Waals surface area contributed by atoms with E-state index >= 15 is 0 Å². The largest absolute Gasteiger partial charge is 0.435 e. The van der Waals surface area contributed by atoms with Crippen molar-refractivity contribution in [2.75, 3.05) is 44.4 Å². The molecule has 3 rings (SSSR count). The summed E-state index contributed by atoms with van der Waals surface area (Å²) in [5.41, 5.74) is 0.677. The van der Waals surface area contributed by atoms with Crippen LogP contribution in [0.2, 0.25) is 0 Å². The van der Waals surface area contributed by atoms with E-state index in [-0.39, 0.29) is 5.75 Å². The highest BCUT2D eigenvalue weighted by molar-refractivity contribution is 7.99. The Hall–Kier alpha value is -1.91. The summed E-state index contributed by atoms with van der Waals surface area (Å²) in [5, 5.41) is 8.80. The molecule has 2 aromatic rings. The number of nitrogens with two attached hydrogens (primary N) is 1. The van der Waals surface area contributed by atoms with Crippen LogP contribution in [0.15, 0.2) is 29.4 Å². The normalized spacial score (nSPS) is 15.6. The molecule has 7 nitrogen and oxygen atoms in total. The lowest BCUT2D eigenvalue weighted by atomic mass is 10.2. The second kappa shape index (κ2) is 8.45. The quantitative estimate of drug-likeness (QED) is 0.586. The zero-order valence-corrected chi connectivity index (χ0v) is 14.3. The smallest absolute Gasteiger partial charge is 0.387 e. The van der Waals surface area contributed by atoms with Gasteiger partial charge in [-0.3, -0.25) is 4.90 Å². The molecule has 0 radical (unpaired) electrons. The SMILES string of the molecule is Nn1c(SCCN2CCOCC2)nnc1-c1ccc(OC(F)F)cc1. The third-order valence-corrected chi connectivity index (χ3v) is 4.67. The van der Waals surface area contributed by atoms with Crippen LogP contribution in [0, 0.1) is 0 Å². The molecule has 136 valence electrons. The van der Waals surface area contributed by atoms with Crippen LogP contribution in [0.4, 0.5) is 8.78 Å². The average molecular weight is 371 g/mol. The number of aromatic nitrogens is 3. The monoisotopic (exact) mass is 371 g/mol. The summed E-state index contributed by atoms with van der Waals surface area (Å²) in [4.78, 5) is 2.33. The average Bonchev–Trinajstić information content (AvgIpc) is 2.97. The van der Waals surface area contributed by atoms with Gasteiger partial charge in [0.15, 0.2) is 5.82 Å². The zero-order valence-electron chi connectivity index (χ0n) is 13.5. The summed E-state index contributed by atoms with van der Waals surface area (Å²) < 4.78 is 35.4. The van der Waals surface area contributed by atoms with Crippen LogP contribution >= 0.6 is 11.8 Å². The molecule has 2 heterocycles. The molecule has 1 saturated heterocycles. The van der Waals surface area contributed by atoms with E-state index in [1.807, 2.05) is 0 Å². The second-order valence-electron chi connectivity index (χ2n) is 5.38. The fourth-order valence-electron chi connectivity index (χ4n) is 2.45. The van der Waals surface area contributed by atoms with Gasteiger partial charge < -0.3 is 15.3 Å². The number of hydrogen-bond donors (Lipinski definition) is 1. The van der Waals surface area contributed by atoms with Gasteiger partial charge in [0, 0.05) is 31.0 Å². The van der Waals surface area contributed by atoms with Crippen molar-refractivity contribution in [1.29, 1.82) is 0 Å². The highest BCUT2D eigenvalue weighted by Gasteiger charge is 2.14. The van der Waals surface area contributed by atoms with Crippen LogP contribution in [0.1, 0.15) is 0 Å². The van der Waals surface area contributed by atoms with Crippen LogP contribution in [0.25, 0.3) is 11.4 Å². The first-order chi connectivity index (χ1) is 12.1. The number of halogens is 2. The van der Waals surface area contributed by atoms with E-state index in [1.165, 1.54) is 28.6 Å². The molecule has 1 fully saturated rings. The molecule has 1 aliphatic heterocycles. The molecule has 0 spiro atoms. The van der Waals surface area contributed by atoms with E-state index < -0.39 is 6.61 Å². The molecular formula is C15H19F2N5O2S. The number of morpholine rings is 1. The Morgan fingerprint density at radius 2 is 1.92 bits per heavy atom. The minimum Gasteiger partial charge on any atom is -0.435 e. The van der Waals surface area contributed by atoms with E-state index in [4.69, 9.17) is 10.6 Å². The van der Waals surface area contributed by atoms with E-state index in [0.29, 0.717) is 16.5 Å². The Morgan fingerprint density at radius 3 is 2.60 bits per heavy atom. The fraction of sp³-hybridized carbons (Fsp3) is 0.467. The molecule has 10 heteroatoms. The number of benzene rings is 1. The van der Waals surface area contributed by atoms with E-state index in [9.17, 15) is 8.78 Å². The van der Waals surface area contributed by atoms with Crippen molar-refractivity contribution in [3.8, 4) is 17.1 Å². The van der Waals surface area contributed by atoms with E-state index in [2.05, 4.69) is 19.8 Å². The summed E-state index contributed by atoms with van der Waals surface area (Å²) in [7, 11) is 0. The number of thioether (sulfide) groups is 1. The Bertz CT molecular complexity index is 677. The predicted octanol–water partition coefficient (Wildman–Crippen LogP) is 1.68. The van der Waals surface area contributed by atoms with Gasteiger partial charge in [0.05, 0.1) is 13.2 Å². The van der Waals surface area contributed by atoms with Gasteiger partial charge in [-0.1, -0.05) is 11.8 Å². The van der Waals surface area contributed by atoms with Crippen LogP contribution in [0.3, 0.4) is 0 Å². The Morgan fingerprint density at radius 1 is 1.20 bits per heavy atom. The van der Waals surface area contributed by atoms with Gasteiger partial charge in [-0.15, -0.1) is 10.2 Å².